The molecule has 1 saturated heterocycles. The van der Waals surface area contributed by atoms with Gasteiger partial charge in [-0.1, -0.05) is 0 Å². The van der Waals surface area contributed by atoms with Crippen molar-refractivity contribution in [2.24, 2.45) is 24.4 Å². The highest BCUT2D eigenvalue weighted by Crippen LogP contribution is 2.37. The lowest BCUT2D eigenvalue weighted by Gasteiger charge is -2.34. The lowest BCUT2D eigenvalue weighted by molar-refractivity contribution is 0.0696. The summed E-state index contributed by atoms with van der Waals surface area (Å²) >= 11 is 0. The lowest BCUT2D eigenvalue weighted by atomic mass is 10.00. The second-order valence-corrected chi connectivity index (χ2v) is 9.91. The predicted molar refractivity (Wildman–Crippen MR) is 135 cm³/mol. The third-order valence-corrected chi connectivity index (χ3v) is 7.42. The molecule has 4 heterocycles. The van der Waals surface area contributed by atoms with E-state index in [-0.39, 0.29) is 18.0 Å². The maximum Gasteiger partial charge on any atom is 0.254 e. The number of hydrogen-bond acceptors (Lipinski definition) is 6. The summed E-state index contributed by atoms with van der Waals surface area (Å²) in [5.74, 6) is 2.05. The molecule has 4 aromatic rings. The van der Waals surface area contributed by atoms with Crippen LogP contribution in [0.1, 0.15) is 29.6 Å². The minimum absolute atomic E-state index is 0.0770. The topological polar surface area (TPSA) is 117 Å². The van der Waals surface area contributed by atoms with Crippen LogP contribution in [-0.2, 0) is 13.6 Å². The summed E-state index contributed by atoms with van der Waals surface area (Å²) in [7, 11) is 3.62. The summed E-state index contributed by atoms with van der Waals surface area (Å²) in [4.78, 5) is 24.8. The number of imidazole rings is 1. The molecule has 0 radical (unpaired) electrons. The third-order valence-electron chi connectivity index (χ3n) is 7.42. The van der Waals surface area contributed by atoms with Crippen molar-refractivity contribution in [2.45, 2.75) is 37.9 Å². The number of ether oxygens (including phenoxy) is 1. The molecule has 1 aliphatic heterocycles. The highest BCUT2D eigenvalue weighted by atomic mass is 16.5. The van der Waals surface area contributed by atoms with Crippen LogP contribution in [-0.4, -0.2) is 62.2 Å². The fourth-order valence-corrected chi connectivity index (χ4v) is 5.20. The fourth-order valence-electron chi connectivity index (χ4n) is 5.20. The number of methoxy groups -OCH3 is 1. The number of hydrogen-bond donors (Lipinski definition) is 2. The quantitative estimate of drug-likeness (QED) is 0.460. The van der Waals surface area contributed by atoms with E-state index in [9.17, 15) is 4.79 Å². The number of carbonyl (C=O) groups is 1. The Morgan fingerprint density at radius 1 is 1.17 bits per heavy atom. The molecule has 1 amide bonds. The van der Waals surface area contributed by atoms with Crippen LogP contribution < -0.4 is 16.2 Å². The van der Waals surface area contributed by atoms with Crippen LogP contribution in [0.3, 0.4) is 0 Å². The van der Waals surface area contributed by atoms with Gasteiger partial charge in [0, 0.05) is 55.9 Å². The lowest BCUT2D eigenvalue weighted by Crippen LogP contribution is -2.56. The molecule has 35 heavy (non-hydrogen) atoms. The van der Waals surface area contributed by atoms with E-state index in [0.717, 1.165) is 40.1 Å². The molecule has 1 aromatic carbocycles. The number of carbonyl (C=O) groups excluding carboxylic acids is 1. The summed E-state index contributed by atoms with van der Waals surface area (Å²) in [5.41, 5.74) is 16.3. The molecule has 2 aliphatic rings. The van der Waals surface area contributed by atoms with Gasteiger partial charge in [-0.25, -0.2) is 9.97 Å². The van der Waals surface area contributed by atoms with Crippen LogP contribution in [0.25, 0.3) is 33.6 Å². The van der Waals surface area contributed by atoms with E-state index in [1.54, 1.807) is 18.1 Å². The standard InChI is InChI=1S/C26H31N7O2/c1-31-23-20(10-17(12-22(23)35-2)26(34)32-9-7-18(27)19(28)14-32)30-25(31)21-11-16-4-3-8-29-24(16)33(21)13-15-5-6-15/h3-4,8,10-12,15,18-19H,5-7,9,13-14,27-28H2,1-2H3/t18-,19+/m1/s1. The van der Waals surface area contributed by atoms with E-state index in [1.807, 2.05) is 25.4 Å². The van der Waals surface area contributed by atoms with Gasteiger partial charge >= 0.3 is 0 Å². The summed E-state index contributed by atoms with van der Waals surface area (Å²) in [6, 6.07) is 9.57. The first kappa shape index (κ1) is 22.1. The number of aryl methyl sites for hydroxylation is 1. The average Bonchev–Trinajstić information content (AvgIpc) is 3.53. The summed E-state index contributed by atoms with van der Waals surface area (Å²) < 4.78 is 10.1. The molecule has 4 N–H and O–H groups in total. The Labute approximate surface area is 203 Å². The van der Waals surface area contributed by atoms with Crippen molar-refractivity contribution in [3.05, 3.63) is 42.1 Å². The Morgan fingerprint density at radius 2 is 2.00 bits per heavy atom. The third kappa shape index (κ3) is 3.75. The zero-order valence-corrected chi connectivity index (χ0v) is 20.1. The van der Waals surface area contributed by atoms with Crippen molar-refractivity contribution in [1.82, 2.24) is 24.0 Å². The van der Waals surface area contributed by atoms with E-state index in [0.29, 0.717) is 36.7 Å². The molecule has 6 rings (SSSR count). The van der Waals surface area contributed by atoms with Gasteiger partial charge in [-0.2, -0.15) is 0 Å². The largest absolute Gasteiger partial charge is 0.494 e. The van der Waals surface area contributed by atoms with Gasteiger partial charge in [0.25, 0.3) is 5.91 Å². The van der Waals surface area contributed by atoms with Crippen molar-refractivity contribution >= 4 is 28.0 Å². The van der Waals surface area contributed by atoms with Gasteiger partial charge in [0.2, 0.25) is 0 Å². The molecule has 0 spiro atoms. The molecule has 2 fully saturated rings. The van der Waals surface area contributed by atoms with Gasteiger partial charge in [0.1, 0.15) is 16.9 Å². The number of fused-ring (bicyclic) bond motifs is 2. The molecular weight excluding hydrogens is 442 g/mol. The van der Waals surface area contributed by atoms with Gasteiger partial charge in [-0.05, 0) is 55.5 Å². The van der Waals surface area contributed by atoms with Crippen LogP contribution in [0.4, 0.5) is 0 Å². The first-order chi connectivity index (χ1) is 16.9. The number of aromatic nitrogens is 4. The molecule has 0 unspecified atom stereocenters. The monoisotopic (exact) mass is 473 g/mol. The van der Waals surface area contributed by atoms with E-state index >= 15 is 0 Å². The van der Waals surface area contributed by atoms with Crippen LogP contribution in [0.2, 0.25) is 0 Å². The molecule has 182 valence electrons. The van der Waals surface area contributed by atoms with Gasteiger partial charge in [0.15, 0.2) is 5.82 Å². The maximum atomic E-state index is 13.4. The van der Waals surface area contributed by atoms with Gasteiger partial charge in [-0.3, -0.25) is 4.79 Å². The summed E-state index contributed by atoms with van der Waals surface area (Å²) in [6.07, 6.45) is 5.03. The van der Waals surface area contributed by atoms with Crippen molar-refractivity contribution < 1.29 is 9.53 Å². The first-order valence-electron chi connectivity index (χ1n) is 12.2. The minimum Gasteiger partial charge on any atom is -0.494 e. The Morgan fingerprint density at radius 3 is 2.74 bits per heavy atom. The highest BCUT2D eigenvalue weighted by Gasteiger charge is 2.29. The first-order valence-corrected chi connectivity index (χ1v) is 12.2. The Kier molecular flexibility index (Phi) is 5.26. The zero-order chi connectivity index (χ0) is 24.3. The molecule has 0 bridgehead atoms. The molecule has 2 atom stereocenters. The molecule has 3 aromatic heterocycles. The van der Waals surface area contributed by atoms with Crippen LogP contribution >= 0.6 is 0 Å². The molecule has 1 aliphatic carbocycles. The Bertz CT molecular complexity index is 1430. The van der Waals surface area contributed by atoms with Crippen LogP contribution in [0.5, 0.6) is 5.75 Å². The Balaban J connectivity index is 1.45. The maximum absolute atomic E-state index is 13.4. The molecule has 1 saturated carbocycles. The number of rotatable bonds is 5. The van der Waals surface area contributed by atoms with Crippen molar-refractivity contribution in [2.75, 3.05) is 20.2 Å². The van der Waals surface area contributed by atoms with E-state index < -0.39 is 0 Å². The van der Waals surface area contributed by atoms with E-state index in [2.05, 4.69) is 26.3 Å². The van der Waals surface area contributed by atoms with Gasteiger partial charge < -0.3 is 30.2 Å². The SMILES string of the molecule is COc1cc(C(=O)N2CC[C@@H](N)[C@@H](N)C2)cc2nc(-c3cc4cccnc4n3CC3CC3)n(C)c12. The van der Waals surface area contributed by atoms with Crippen LogP contribution in [0.15, 0.2) is 36.5 Å². The molecule has 9 nitrogen and oxygen atoms in total. The minimum atomic E-state index is -0.221. The zero-order valence-electron chi connectivity index (χ0n) is 20.1. The van der Waals surface area contributed by atoms with Gasteiger partial charge in [-0.15, -0.1) is 0 Å². The number of piperidine rings is 1. The smallest absolute Gasteiger partial charge is 0.254 e. The van der Waals surface area contributed by atoms with Crippen molar-refractivity contribution in [3.8, 4) is 17.3 Å². The molecular formula is C26H31N7O2. The number of nitrogens with zero attached hydrogens (tertiary/aromatic N) is 5. The van der Waals surface area contributed by atoms with Crippen LogP contribution in [0, 0.1) is 5.92 Å². The van der Waals surface area contributed by atoms with Gasteiger partial charge in [0.05, 0.1) is 18.3 Å². The van der Waals surface area contributed by atoms with E-state index in [4.69, 9.17) is 21.2 Å². The highest BCUT2D eigenvalue weighted by molar-refractivity contribution is 6.00. The number of pyridine rings is 1. The number of amides is 1. The summed E-state index contributed by atoms with van der Waals surface area (Å²) in [6.45, 7) is 1.97. The fraction of sp³-hybridized carbons (Fsp3) is 0.423. The van der Waals surface area contributed by atoms with Crippen molar-refractivity contribution in [3.63, 3.8) is 0 Å². The number of nitrogens with two attached hydrogens (primary N) is 2. The second-order valence-electron chi connectivity index (χ2n) is 9.91. The molecule has 9 heteroatoms. The van der Waals surface area contributed by atoms with Crippen molar-refractivity contribution in [1.29, 1.82) is 0 Å². The average molecular weight is 474 g/mol. The van der Waals surface area contributed by atoms with E-state index in [1.165, 1.54) is 12.8 Å². The second kappa shape index (κ2) is 8.35. The normalized spacial score (nSPS) is 20.6. The number of likely N-dealkylation sites (tertiary alicyclic amines) is 1. The Hall–Kier alpha value is -3.43. The summed E-state index contributed by atoms with van der Waals surface area (Å²) in [5, 5.41) is 1.10. The predicted octanol–water partition coefficient (Wildman–Crippen LogP) is 2.51. The number of benzene rings is 1.